The molecular weight excluding hydrogens is 324 g/mol. The summed E-state index contributed by atoms with van der Waals surface area (Å²) in [6.45, 7) is 2.88. The highest BCUT2D eigenvalue weighted by atomic mass is 16.5. The lowest BCUT2D eigenvalue weighted by Crippen LogP contribution is -2.37. The van der Waals surface area contributed by atoms with Crippen LogP contribution < -0.4 is 10.1 Å². The number of methoxy groups -OCH3 is 1. The molecule has 3 aliphatic rings. The number of nitrogens with zero attached hydrogens (tertiary/aromatic N) is 1. The zero-order valence-corrected chi connectivity index (χ0v) is 16.0. The Morgan fingerprint density at radius 3 is 2.73 bits per heavy atom. The molecule has 2 aliphatic carbocycles. The van der Waals surface area contributed by atoms with Crippen LogP contribution in [-0.2, 0) is 4.79 Å². The van der Waals surface area contributed by atoms with E-state index in [2.05, 4.69) is 22.3 Å². The van der Waals surface area contributed by atoms with Crippen LogP contribution in [0.25, 0.3) is 0 Å². The van der Waals surface area contributed by atoms with Crippen LogP contribution in [-0.4, -0.2) is 37.6 Å². The third kappa shape index (κ3) is 3.75. The summed E-state index contributed by atoms with van der Waals surface area (Å²) in [6, 6.07) is 8.45. The molecule has 0 aromatic heterocycles. The van der Waals surface area contributed by atoms with Gasteiger partial charge in [0, 0.05) is 18.5 Å². The first kappa shape index (κ1) is 17.8. The van der Waals surface area contributed by atoms with Gasteiger partial charge in [0.1, 0.15) is 5.75 Å². The first-order valence-corrected chi connectivity index (χ1v) is 10.4. The molecule has 4 rings (SSSR count). The molecule has 0 radical (unpaired) electrons. The van der Waals surface area contributed by atoms with E-state index in [-0.39, 0.29) is 11.9 Å². The number of benzene rings is 1. The van der Waals surface area contributed by atoms with E-state index in [0.717, 1.165) is 37.1 Å². The van der Waals surface area contributed by atoms with Gasteiger partial charge in [-0.2, -0.15) is 0 Å². The first-order chi connectivity index (χ1) is 12.7. The Morgan fingerprint density at radius 1 is 1.23 bits per heavy atom. The van der Waals surface area contributed by atoms with E-state index in [1.807, 2.05) is 12.1 Å². The summed E-state index contributed by atoms with van der Waals surface area (Å²) in [6.07, 6.45) is 8.60. The molecule has 0 spiro atoms. The maximum absolute atomic E-state index is 12.6. The van der Waals surface area contributed by atoms with Crippen molar-refractivity contribution in [3.05, 3.63) is 29.8 Å². The third-order valence-corrected chi connectivity index (χ3v) is 6.90. The lowest BCUT2D eigenvalue weighted by atomic mass is 9.86. The Labute approximate surface area is 157 Å². The van der Waals surface area contributed by atoms with Gasteiger partial charge in [-0.1, -0.05) is 24.6 Å². The molecule has 26 heavy (non-hydrogen) atoms. The summed E-state index contributed by atoms with van der Waals surface area (Å²) >= 11 is 0. The second-order valence-corrected chi connectivity index (χ2v) is 8.44. The van der Waals surface area contributed by atoms with Gasteiger partial charge in [-0.25, -0.2) is 0 Å². The van der Waals surface area contributed by atoms with Gasteiger partial charge < -0.3 is 10.1 Å². The normalized spacial score (nSPS) is 29.0. The van der Waals surface area contributed by atoms with Gasteiger partial charge >= 0.3 is 0 Å². The molecule has 1 heterocycles. The van der Waals surface area contributed by atoms with E-state index < -0.39 is 0 Å². The molecule has 1 N–H and O–H groups in total. The highest BCUT2D eigenvalue weighted by molar-refractivity contribution is 5.76. The predicted molar refractivity (Wildman–Crippen MR) is 103 cm³/mol. The zero-order valence-electron chi connectivity index (χ0n) is 16.0. The van der Waals surface area contributed by atoms with Crippen LogP contribution in [0.2, 0.25) is 0 Å². The molecule has 0 unspecified atom stereocenters. The highest BCUT2D eigenvalue weighted by Gasteiger charge is 2.40. The average molecular weight is 357 g/mol. The van der Waals surface area contributed by atoms with Crippen LogP contribution in [0.5, 0.6) is 5.75 Å². The van der Waals surface area contributed by atoms with Crippen LogP contribution in [0.4, 0.5) is 0 Å². The van der Waals surface area contributed by atoms with Crippen molar-refractivity contribution in [2.24, 2.45) is 17.8 Å². The number of nitrogens with one attached hydrogen (secondary N) is 1. The van der Waals surface area contributed by atoms with Crippen molar-refractivity contribution in [2.75, 3.05) is 26.7 Å². The van der Waals surface area contributed by atoms with Crippen LogP contribution in [0.15, 0.2) is 24.3 Å². The van der Waals surface area contributed by atoms with Gasteiger partial charge in [0.05, 0.1) is 13.2 Å². The minimum absolute atomic E-state index is 0.206. The van der Waals surface area contributed by atoms with E-state index in [1.165, 1.54) is 44.1 Å². The Hall–Kier alpha value is -1.55. The summed E-state index contributed by atoms with van der Waals surface area (Å²) < 4.78 is 5.59. The number of carbonyl (C=O) groups excluding carboxylic acids is 1. The van der Waals surface area contributed by atoms with Crippen molar-refractivity contribution in [3.8, 4) is 5.75 Å². The molecule has 2 saturated carbocycles. The van der Waals surface area contributed by atoms with E-state index in [0.29, 0.717) is 12.5 Å². The van der Waals surface area contributed by atoms with E-state index in [9.17, 15) is 4.79 Å². The highest BCUT2D eigenvalue weighted by Crippen LogP contribution is 2.49. The van der Waals surface area contributed by atoms with Crippen LogP contribution in [0.1, 0.15) is 56.6 Å². The number of para-hydroxylation sites is 1. The smallest absolute Gasteiger partial charge is 0.220 e. The number of hydrogen-bond acceptors (Lipinski definition) is 3. The lowest BCUT2D eigenvalue weighted by molar-refractivity contribution is -0.122. The molecule has 4 atom stereocenters. The fourth-order valence-electron chi connectivity index (χ4n) is 5.58. The fourth-order valence-corrected chi connectivity index (χ4v) is 5.58. The predicted octanol–water partition coefficient (Wildman–Crippen LogP) is 3.77. The fraction of sp³-hybridized carbons (Fsp3) is 0.682. The van der Waals surface area contributed by atoms with Gasteiger partial charge in [-0.3, -0.25) is 9.69 Å². The van der Waals surface area contributed by atoms with Gasteiger partial charge in [0.15, 0.2) is 0 Å². The molecule has 3 fully saturated rings. The molecule has 2 bridgehead atoms. The number of ether oxygens (including phenoxy) is 1. The van der Waals surface area contributed by atoms with E-state index >= 15 is 0 Å². The Kier molecular flexibility index (Phi) is 5.49. The maximum atomic E-state index is 12.6. The molecule has 4 nitrogen and oxygen atoms in total. The minimum atomic E-state index is 0.206. The third-order valence-electron chi connectivity index (χ3n) is 6.90. The van der Waals surface area contributed by atoms with Gasteiger partial charge in [-0.05, 0) is 69.0 Å². The van der Waals surface area contributed by atoms with E-state index in [4.69, 9.17) is 4.74 Å². The summed E-state index contributed by atoms with van der Waals surface area (Å²) in [7, 11) is 1.73. The minimum Gasteiger partial charge on any atom is -0.496 e. The molecule has 1 saturated heterocycles. The Balaban J connectivity index is 1.39. The van der Waals surface area contributed by atoms with Gasteiger partial charge in [0.25, 0.3) is 0 Å². The van der Waals surface area contributed by atoms with Crippen molar-refractivity contribution in [3.63, 3.8) is 0 Å². The van der Waals surface area contributed by atoms with Crippen molar-refractivity contribution in [1.82, 2.24) is 10.2 Å². The number of rotatable bonds is 7. The first-order valence-electron chi connectivity index (χ1n) is 10.4. The summed E-state index contributed by atoms with van der Waals surface area (Å²) in [5.74, 6) is 3.51. The van der Waals surface area contributed by atoms with Crippen LogP contribution >= 0.6 is 0 Å². The number of fused-ring (bicyclic) bond motifs is 2. The standard InChI is InChI=1S/C22H32N2O2/c1-26-21-7-3-2-6-19(21)20(24-10-4-5-11-24)15-23-22(25)14-18-13-16-8-9-17(18)12-16/h2-3,6-7,16-18,20H,4-5,8-15H2,1H3,(H,23,25)/t16-,17-,18+,20+/m0/s1. The van der Waals surface area contributed by atoms with Crippen molar-refractivity contribution < 1.29 is 9.53 Å². The molecule has 142 valence electrons. The SMILES string of the molecule is COc1ccccc1[C@@H](CNC(=O)C[C@H]1C[C@H]2CC[C@H]1C2)N1CCCC1. The zero-order chi connectivity index (χ0) is 17.9. The lowest BCUT2D eigenvalue weighted by Gasteiger charge is -2.29. The summed E-state index contributed by atoms with van der Waals surface area (Å²) in [4.78, 5) is 15.1. The second kappa shape index (κ2) is 7.99. The largest absolute Gasteiger partial charge is 0.496 e. The molecule has 1 aliphatic heterocycles. The Bertz CT molecular complexity index is 626. The summed E-state index contributed by atoms with van der Waals surface area (Å²) in [5, 5.41) is 3.26. The topological polar surface area (TPSA) is 41.6 Å². The van der Waals surface area contributed by atoms with Crippen molar-refractivity contribution in [1.29, 1.82) is 0 Å². The second-order valence-electron chi connectivity index (χ2n) is 8.44. The average Bonchev–Trinajstić information content (AvgIpc) is 3.40. The van der Waals surface area contributed by atoms with Crippen molar-refractivity contribution >= 4 is 5.91 Å². The quantitative estimate of drug-likeness (QED) is 0.808. The maximum Gasteiger partial charge on any atom is 0.220 e. The molecular formula is C22H32N2O2. The van der Waals surface area contributed by atoms with Gasteiger partial charge in [0.2, 0.25) is 5.91 Å². The Morgan fingerprint density at radius 2 is 2.04 bits per heavy atom. The molecule has 1 aromatic carbocycles. The monoisotopic (exact) mass is 356 g/mol. The number of carbonyl (C=O) groups is 1. The molecule has 4 heteroatoms. The summed E-state index contributed by atoms with van der Waals surface area (Å²) in [5.41, 5.74) is 1.19. The van der Waals surface area contributed by atoms with Crippen LogP contribution in [0.3, 0.4) is 0 Å². The molecule has 1 aromatic rings. The number of hydrogen-bond donors (Lipinski definition) is 1. The number of amides is 1. The van der Waals surface area contributed by atoms with Crippen LogP contribution in [0, 0.1) is 17.8 Å². The number of likely N-dealkylation sites (tertiary alicyclic amines) is 1. The molecule has 1 amide bonds. The van der Waals surface area contributed by atoms with Gasteiger partial charge in [-0.15, -0.1) is 0 Å². The van der Waals surface area contributed by atoms with Crippen molar-refractivity contribution in [2.45, 2.75) is 51.0 Å². The van der Waals surface area contributed by atoms with E-state index in [1.54, 1.807) is 7.11 Å².